The van der Waals surface area contributed by atoms with Crippen LogP contribution in [0, 0.1) is 6.92 Å². The Hall–Kier alpha value is -2.19. The summed E-state index contributed by atoms with van der Waals surface area (Å²) in [6, 6.07) is 4.07. The van der Waals surface area contributed by atoms with Crippen molar-refractivity contribution in [2.24, 2.45) is 10.8 Å². The van der Waals surface area contributed by atoms with E-state index in [4.69, 9.17) is 22.4 Å². The number of aryl methyl sites for hydroxylation is 1. The predicted octanol–water partition coefficient (Wildman–Crippen LogP) is 2.50. The van der Waals surface area contributed by atoms with E-state index < -0.39 is 0 Å². The summed E-state index contributed by atoms with van der Waals surface area (Å²) in [4.78, 5) is 13.7. The molecular weight excluding hydrogens is 356 g/mol. The molecule has 0 radical (unpaired) electrons. The maximum absolute atomic E-state index is 12.5. The highest BCUT2D eigenvalue weighted by Gasteiger charge is 2.27. The van der Waals surface area contributed by atoms with Crippen LogP contribution < -0.4 is 16.5 Å². The second-order valence-electron chi connectivity index (χ2n) is 5.83. The number of carbonyl (C=O) groups is 1. The van der Waals surface area contributed by atoms with Crippen molar-refractivity contribution in [1.82, 2.24) is 10.7 Å². The van der Waals surface area contributed by atoms with Crippen LogP contribution >= 0.6 is 23.6 Å². The Morgan fingerprint density at radius 3 is 3.04 bits per heavy atom. The highest BCUT2D eigenvalue weighted by Crippen LogP contribution is 2.29. The fourth-order valence-electron chi connectivity index (χ4n) is 2.95. The SMILES string of the molecule is Cc1c(C(=O)NCCc2cccs2)oc2c1/C(=N/NC(N)=S)CCC2. The molecule has 3 rings (SSSR count). The highest BCUT2D eigenvalue weighted by atomic mass is 32.1. The Kier molecular flexibility index (Phi) is 5.50. The largest absolute Gasteiger partial charge is 0.455 e. The number of nitrogens with two attached hydrogens (primary N) is 1. The van der Waals surface area contributed by atoms with E-state index in [1.807, 2.05) is 18.4 Å². The average Bonchev–Trinajstić information content (AvgIpc) is 3.21. The summed E-state index contributed by atoms with van der Waals surface area (Å²) in [5.41, 5.74) is 10.6. The molecule has 1 aliphatic carbocycles. The third-order valence-electron chi connectivity index (χ3n) is 4.07. The Balaban J connectivity index is 1.73. The number of rotatable bonds is 5. The molecule has 0 bridgehead atoms. The summed E-state index contributed by atoms with van der Waals surface area (Å²) in [7, 11) is 0. The third kappa shape index (κ3) is 4.08. The van der Waals surface area contributed by atoms with E-state index in [1.54, 1.807) is 11.3 Å². The van der Waals surface area contributed by atoms with Crippen molar-refractivity contribution < 1.29 is 9.21 Å². The van der Waals surface area contributed by atoms with Crippen molar-refractivity contribution in [3.05, 3.63) is 45.0 Å². The number of thiophene rings is 1. The predicted molar refractivity (Wildman–Crippen MR) is 103 cm³/mol. The first-order valence-corrected chi connectivity index (χ1v) is 9.40. The molecule has 2 heterocycles. The highest BCUT2D eigenvalue weighted by molar-refractivity contribution is 7.80. The first kappa shape index (κ1) is 17.6. The number of thiocarbonyl (C=S) groups is 1. The molecule has 1 aliphatic rings. The van der Waals surface area contributed by atoms with E-state index >= 15 is 0 Å². The number of amides is 1. The van der Waals surface area contributed by atoms with E-state index in [9.17, 15) is 4.79 Å². The van der Waals surface area contributed by atoms with Crippen LogP contribution in [0.5, 0.6) is 0 Å². The number of fused-ring (bicyclic) bond motifs is 1. The standard InChI is InChI=1S/C17H20N4O2S2/c1-10-14-12(20-21-17(18)24)5-2-6-13(14)23-15(10)16(22)19-8-7-11-4-3-9-25-11/h3-4,9H,2,5-8H2,1H3,(H,19,22)(H3,18,21,24)/b20-12+. The molecule has 0 aromatic carbocycles. The Morgan fingerprint density at radius 2 is 2.32 bits per heavy atom. The van der Waals surface area contributed by atoms with Crippen LogP contribution in [0.3, 0.4) is 0 Å². The molecule has 4 N–H and O–H groups in total. The Bertz CT molecular complexity index is 809. The van der Waals surface area contributed by atoms with E-state index in [0.717, 1.165) is 48.3 Å². The van der Waals surface area contributed by atoms with Crippen LogP contribution in [-0.2, 0) is 12.8 Å². The monoisotopic (exact) mass is 376 g/mol. The number of hydrogen-bond acceptors (Lipinski definition) is 5. The zero-order valence-electron chi connectivity index (χ0n) is 13.9. The minimum atomic E-state index is -0.190. The van der Waals surface area contributed by atoms with Crippen molar-refractivity contribution in [1.29, 1.82) is 0 Å². The molecule has 0 spiro atoms. The first-order chi connectivity index (χ1) is 12.1. The summed E-state index contributed by atoms with van der Waals surface area (Å²) in [5.74, 6) is 0.974. The number of hydrogen-bond donors (Lipinski definition) is 3. The molecule has 8 heteroatoms. The lowest BCUT2D eigenvalue weighted by atomic mass is 9.93. The molecule has 2 aromatic heterocycles. The summed E-state index contributed by atoms with van der Waals surface area (Å²) < 4.78 is 5.84. The molecule has 0 aliphatic heterocycles. The van der Waals surface area contributed by atoms with Crippen LogP contribution in [0.25, 0.3) is 0 Å². The average molecular weight is 377 g/mol. The van der Waals surface area contributed by atoms with Crippen molar-refractivity contribution in [2.75, 3.05) is 6.54 Å². The van der Waals surface area contributed by atoms with Crippen LogP contribution in [0.4, 0.5) is 0 Å². The lowest BCUT2D eigenvalue weighted by Gasteiger charge is -2.13. The van der Waals surface area contributed by atoms with Gasteiger partial charge in [0.25, 0.3) is 5.91 Å². The van der Waals surface area contributed by atoms with Gasteiger partial charge in [0.05, 0.1) is 5.71 Å². The molecule has 0 unspecified atom stereocenters. The smallest absolute Gasteiger partial charge is 0.287 e. The number of hydrazone groups is 1. The van der Waals surface area contributed by atoms with Crippen LogP contribution in [-0.4, -0.2) is 23.3 Å². The lowest BCUT2D eigenvalue weighted by molar-refractivity contribution is 0.0924. The third-order valence-corrected chi connectivity index (χ3v) is 5.10. The topological polar surface area (TPSA) is 92.6 Å². The zero-order chi connectivity index (χ0) is 17.8. The van der Waals surface area contributed by atoms with Crippen LogP contribution in [0.2, 0.25) is 0 Å². The maximum Gasteiger partial charge on any atom is 0.287 e. The minimum absolute atomic E-state index is 0.118. The van der Waals surface area contributed by atoms with Gasteiger partial charge in [0, 0.05) is 29.0 Å². The number of nitrogens with zero attached hydrogens (tertiary/aromatic N) is 1. The summed E-state index contributed by atoms with van der Waals surface area (Å²) in [5, 5.41) is 9.34. The van der Waals surface area contributed by atoms with E-state index in [1.165, 1.54) is 4.88 Å². The quantitative estimate of drug-likeness (QED) is 0.551. The van der Waals surface area contributed by atoms with Gasteiger partial charge in [-0.3, -0.25) is 10.2 Å². The molecule has 132 valence electrons. The van der Waals surface area contributed by atoms with Gasteiger partial charge in [-0.2, -0.15) is 5.10 Å². The molecular formula is C17H20N4O2S2. The number of nitrogens with one attached hydrogen (secondary N) is 2. The lowest BCUT2D eigenvalue weighted by Crippen LogP contribution is -2.27. The Morgan fingerprint density at radius 1 is 1.48 bits per heavy atom. The number of furan rings is 1. The normalized spacial score (nSPS) is 15.0. The fraction of sp³-hybridized carbons (Fsp3) is 0.353. The second-order valence-corrected chi connectivity index (χ2v) is 7.30. The summed E-state index contributed by atoms with van der Waals surface area (Å²) >= 11 is 6.48. The van der Waals surface area contributed by atoms with Gasteiger partial charge in [0.2, 0.25) is 0 Å². The van der Waals surface area contributed by atoms with Gasteiger partial charge in [-0.1, -0.05) is 6.07 Å². The van der Waals surface area contributed by atoms with Crippen molar-refractivity contribution >= 4 is 40.3 Å². The summed E-state index contributed by atoms with van der Waals surface area (Å²) in [6.45, 7) is 2.46. The molecule has 0 saturated heterocycles. The molecule has 0 atom stereocenters. The first-order valence-electron chi connectivity index (χ1n) is 8.11. The minimum Gasteiger partial charge on any atom is -0.455 e. The van der Waals surface area contributed by atoms with Crippen LogP contribution in [0.15, 0.2) is 27.0 Å². The second kappa shape index (κ2) is 7.79. The Labute approximate surface area is 155 Å². The number of carbonyl (C=O) groups excluding carboxylic acids is 1. The van der Waals surface area contributed by atoms with E-state index in [-0.39, 0.29) is 11.0 Å². The molecule has 0 saturated carbocycles. The van der Waals surface area contributed by atoms with Gasteiger partial charge >= 0.3 is 0 Å². The zero-order valence-corrected chi connectivity index (χ0v) is 15.6. The van der Waals surface area contributed by atoms with Gasteiger partial charge < -0.3 is 15.5 Å². The van der Waals surface area contributed by atoms with Gasteiger partial charge in [0.1, 0.15) is 5.76 Å². The van der Waals surface area contributed by atoms with E-state index in [2.05, 4.69) is 21.9 Å². The van der Waals surface area contributed by atoms with Gasteiger partial charge in [0.15, 0.2) is 10.9 Å². The van der Waals surface area contributed by atoms with Crippen LogP contribution in [0.1, 0.15) is 45.2 Å². The molecule has 2 aromatic rings. The van der Waals surface area contributed by atoms with Crippen molar-refractivity contribution in [2.45, 2.75) is 32.6 Å². The molecule has 6 nitrogen and oxygen atoms in total. The van der Waals surface area contributed by atoms with Gasteiger partial charge in [-0.15, -0.1) is 11.3 Å². The molecule has 0 fully saturated rings. The van der Waals surface area contributed by atoms with Gasteiger partial charge in [-0.25, -0.2) is 0 Å². The van der Waals surface area contributed by atoms with Crippen molar-refractivity contribution in [3.63, 3.8) is 0 Å². The fourth-order valence-corrected chi connectivity index (χ4v) is 3.71. The molecule has 1 amide bonds. The van der Waals surface area contributed by atoms with Crippen molar-refractivity contribution in [3.8, 4) is 0 Å². The maximum atomic E-state index is 12.5. The van der Waals surface area contributed by atoms with Gasteiger partial charge in [-0.05, 0) is 49.9 Å². The van der Waals surface area contributed by atoms with E-state index in [0.29, 0.717) is 12.3 Å². The molecule has 25 heavy (non-hydrogen) atoms. The summed E-state index contributed by atoms with van der Waals surface area (Å²) in [6.07, 6.45) is 3.32.